The van der Waals surface area contributed by atoms with Gasteiger partial charge < -0.3 is 5.32 Å². The molecule has 0 saturated heterocycles. The molecule has 0 aliphatic heterocycles. The van der Waals surface area contributed by atoms with Gasteiger partial charge in [0.25, 0.3) is 0 Å². The highest BCUT2D eigenvalue weighted by Crippen LogP contribution is 2.30. The number of hydrogen-bond acceptors (Lipinski definition) is 2. The van der Waals surface area contributed by atoms with Crippen molar-refractivity contribution in [1.29, 1.82) is 0 Å². The summed E-state index contributed by atoms with van der Waals surface area (Å²) in [5.74, 6) is -0.290. The van der Waals surface area contributed by atoms with Gasteiger partial charge in [-0.3, -0.25) is 4.98 Å². The number of hydrogen-bond donors (Lipinski definition) is 1. The Morgan fingerprint density at radius 1 is 1.32 bits per heavy atom. The van der Waals surface area contributed by atoms with Gasteiger partial charge in [-0.25, -0.2) is 4.39 Å². The molecule has 0 aliphatic carbocycles. The van der Waals surface area contributed by atoms with Crippen LogP contribution in [-0.4, -0.2) is 11.5 Å². The van der Waals surface area contributed by atoms with Gasteiger partial charge in [0, 0.05) is 16.2 Å². The van der Waals surface area contributed by atoms with Crippen molar-refractivity contribution >= 4 is 15.9 Å². The van der Waals surface area contributed by atoms with E-state index < -0.39 is 0 Å². The molecule has 0 spiro atoms. The fourth-order valence-corrected chi connectivity index (χ4v) is 2.57. The Morgan fingerprint density at radius 2 is 2.11 bits per heavy atom. The van der Waals surface area contributed by atoms with E-state index in [1.807, 2.05) is 26.0 Å². The minimum Gasteiger partial charge on any atom is -0.306 e. The second-order valence-corrected chi connectivity index (χ2v) is 5.27. The van der Waals surface area contributed by atoms with Crippen LogP contribution in [0.15, 0.2) is 41.1 Å². The Bertz CT molecular complexity index is 572. The predicted molar refractivity (Wildman–Crippen MR) is 78.6 cm³/mol. The number of halogens is 2. The lowest BCUT2D eigenvalue weighted by molar-refractivity contribution is 0.553. The molecule has 4 heteroatoms. The van der Waals surface area contributed by atoms with Crippen molar-refractivity contribution in [2.75, 3.05) is 6.54 Å². The second kappa shape index (κ2) is 6.26. The average molecular weight is 323 g/mol. The van der Waals surface area contributed by atoms with Crippen LogP contribution >= 0.6 is 15.9 Å². The Hall–Kier alpha value is -1.26. The Kier molecular flexibility index (Phi) is 4.66. The summed E-state index contributed by atoms with van der Waals surface area (Å²) in [6, 6.07) is 7.63. The van der Waals surface area contributed by atoms with Gasteiger partial charge in [0.05, 0.1) is 12.2 Å². The molecule has 1 aromatic heterocycles. The van der Waals surface area contributed by atoms with Crippen molar-refractivity contribution in [2.45, 2.75) is 19.9 Å². The van der Waals surface area contributed by atoms with Crippen LogP contribution in [0.25, 0.3) is 0 Å². The summed E-state index contributed by atoms with van der Waals surface area (Å²) in [6.07, 6.45) is 2.87. The van der Waals surface area contributed by atoms with E-state index in [-0.39, 0.29) is 11.9 Å². The highest BCUT2D eigenvalue weighted by atomic mass is 79.9. The zero-order chi connectivity index (χ0) is 13.8. The van der Waals surface area contributed by atoms with Crippen molar-refractivity contribution in [3.05, 3.63) is 63.6 Å². The van der Waals surface area contributed by atoms with Crippen LogP contribution < -0.4 is 5.32 Å². The molecule has 0 saturated carbocycles. The van der Waals surface area contributed by atoms with Gasteiger partial charge in [-0.1, -0.05) is 40.5 Å². The smallest absolute Gasteiger partial charge is 0.146 e. The molecule has 0 fully saturated rings. The topological polar surface area (TPSA) is 24.9 Å². The van der Waals surface area contributed by atoms with E-state index >= 15 is 0 Å². The van der Waals surface area contributed by atoms with Gasteiger partial charge >= 0.3 is 0 Å². The van der Waals surface area contributed by atoms with Crippen LogP contribution in [0.1, 0.15) is 29.7 Å². The number of nitrogens with zero attached hydrogens (tertiary/aromatic N) is 1. The van der Waals surface area contributed by atoms with Gasteiger partial charge in [-0.2, -0.15) is 0 Å². The first-order chi connectivity index (χ1) is 9.13. The minimum absolute atomic E-state index is 0.178. The molecule has 2 rings (SSSR count). The van der Waals surface area contributed by atoms with Gasteiger partial charge in [-0.15, -0.1) is 0 Å². The fraction of sp³-hybridized carbons (Fsp3) is 0.267. The maximum Gasteiger partial charge on any atom is 0.146 e. The van der Waals surface area contributed by atoms with E-state index in [9.17, 15) is 4.39 Å². The van der Waals surface area contributed by atoms with Crippen molar-refractivity contribution < 1.29 is 4.39 Å². The molecular formula is C15H16BrFN2. The molecule has 1 atom stereocenters. The fourth-order valence-electron chi connectivity index (χ4n) is 2.10. The highest BCUT2D eigenvalue weighted by molar-refractivity contribution is 9.10. The maximum atomic E-state index is 14.0. The number of aryl methyl sites for hydroxylation is 1. The van der Waals surface area contributed by atoms with Crippen molar-refractivity contribution in [3.8, 4) is 0 Å². The van der Waals surface area contributed by atoms with Crippen LogP contribution in [0.3, 0.4) is 0 Å². The number of nitrogens with one attached hydrogen (secondary N) is 1. The third kappa shape index (κ3) is 3.19. The van der Waals surface area contributed by atoms with Crippen LogP contribution in [0, 0.1) is 12.7 Å². The van der Waals surface area contributed by atoms with Crippen molar-refractivity contribution in [1.82, 2.24) is 10.3 Å². The largest absolute Gasteiger partial charge is 0.306 e. The van der Waals surface area contributed by atoms with E-state index in [1.54, 1.807) is 12.3 Å². The normalized spacial score (nSPS) is 12.4. The molecule has 2 aromatic rings. The quantitative estimate of drug-likeness (QED) is 0.920. The predicted octanol–water partition coefficient (Wildman–Crippen LogP) is 3.99. The molecule has 1 N–H and O–H groups in total. The molecule has 1 heterocycles. The van der Waals surface area contributed by atoms with Crippen LogP contribution in [0.2, 0.25) is 0 Å². The SMILES string of the molecule is CCNC(c1ccncc1F)c1cc(C)ccc1Br. The summed E-state index contributed by atoms with van der Waals surface area (Å²) < 4.78 is 14.9. The average Bonchev–Trinajstić information content (AvgIpc) is 2.40. The molecule has 0 radical (unpaired) electrons. The molecule has 19 heavy (non-hydrogen) atoms. The van der Waals surface area contributed by atoms with E-state index in [0.29, 0.717) is 5.56 Å². The molecule has 1 unspecified atom stereocenters. The summed E-state index contributed by atoms with van der Waals surface area (Å²) in [7, 11) is 0. The third-order valence-electron chi connectivity index (χ3n) is 2.99. The van der Waals surface area contributed by atoms with E-state index in [0.717, 1.165) is 22.1 Å². The zero-order valence-corrected chi connectivity index (χ0v) is 12.5. The summed E-state index contributed by atoms with van der Waals surface area (Å²) in [5, 5.41) is 3.33. The van der Waals surface area contributed by atoms with E-state index in [1.165, 1.54) is 6.20 Å². The Morgan fingerprint density at radius 3 is 2.79 bits per heavy atom. The Balaban J connectivity index is 2.51. The van der Waals surface area contributed by atoms with E-state index in [2.05, 4.69) is 32.3 Å². The molecule has 100 valence electrons. The van der Waals surface area contributed by atoms with Gasteiger partial charge in [0.2, 0.25) is 0 Å². The summed E-state index contributed by atoms with van der Waals surface area (Å²) in [4.78, 5) is 3.81. The van der Waals surface area contributed by atoms with Crippen LogP contribution in [-0.2, 0) is 0 Å². The lowest BCUT2D eigenvalue weighted by atomic mass is 9.97. The van der Waals surface area contributed by atoms with Gasteiger partial charge in [-0.05, 0) is 31.2 Å². The summed E-state index contributed by atoms with van der Waals surface area (Å²) in [5.41, 5.74) is 2.80. The first kappa shape index (κ1) is 14.2. The van der Waals surface area contributed by atoms with Crippen molar-refractivity contribution in [3.63, 3.8) is 0 Å². The molecule has 0 amide bonds. The van der Waals surface area contributed by atoms with E-state index in [4.69, 9.17) is 0 Å². The molecular weight excluding hydrogens is 307 g/mol. The van der Waals surface area contributed by atoms with Crippen molar-refractivity contribution in [2.24, 2.45) is 0 Å². The molecule has 1 aromatic carbocycles. The second-order valence-electron chi connectivity index (χ2n) is 4.41. The van der Waals surface area contributed by atoms with Crippen LogP contribution in [0.4, 0.5) is 4.39 Å². The number of pyridine rings is 1. The first-order valence-electron chi connectivity index (χ1n) is 6.22. The summed E-state index contributed by atoms with van der Waals surface area (Å²) in [6.45, 7) is 4.80. The van der Waals surface area contributed by atoms with Crippen LogP contribution in [0.5, 0.6) is 0 Å². The lowest BCUT2D eigenvalue weighted by Gasteiger charge is -2.21. The number of benzene rings is 1. The summed E-state index contributed by atoms with van der Waals surface area (Å²) >= 11 is 3.54. The van der Waals surface area contributed by atoms with Gasteiger partial charge in [0.15, 0.2) is 0 Å². The minimum atomic E-state index is -0.290. The number of aromatic nitrogens is 1. The molecule has 0 aliphatic rings. The Labute approximate surface area is 121 Å². The highest BCUT2D eigenvalue weighted by Gasteiger charge is 2.19. The third-order valence-corrected chi connectivity index (χ3v) is 3.71. The molecule has 2 nitrogen and oxygen atoms in total. The maximum absolute atomic E-state index is 14.0. The standard InChI is InChI=1S/C15H16BrFN2/c1-3-19-15(11-6-7-18-9-14(11)17)12-8-10(2)4-5-13(12)16/h4-9,15,19H,3H2,1-2H3. The first-order valence-corrected chi connectivity index (χ1v) is 7.01. The zero-order valence-electron chi connectivity index (χ0n) is 11.0. The van der Waals surface area contributed by atoms with Gasteiger partial charge in [0.1, 0.15) is 5.82 Å². The lowest BCUT2D eigenvalue weighted by Crippen LogP contribution is -2.23. The monoisotopic (exact) mass is 322 g/mol. The molecule has 0 bridgehead atoms. The number of rotatable bonds is 4.